The number of nitrogens with one attached hydrogen (secondary N) is 2. The second-order valence-corrected chi connectivity index (χ2v) is 8.06. The molecule has 0 unspecified atom stereocenters. The number of amides is 2. The zero-order valence-corrected chi connectivity index (χ0v) is 18.2. The average Bonchev–Trinajstić information content (AvgIpc) is 2.78. The quantitative estimate of drug-likeness (QED) is 0.514. The zero-order chi connectivity index (χ0) is 23.3. The Balaban J connectivity index is 1.87. The molecule has 0 radical (unpaired) electrons. The number of ether oxygens (including phenoxy) is 1. The molecule has 1 aliphatic heterocycles. The van der Waals surface area contributed by atoms with Crippen molar-refractivity contribution in [2.24, 2.45) is 5.92 Å². The Morgan fingerprint density at radius 3 is 2.44 bits per heavy atom. The number of anilines is 1. The lowest BCUT2D eigenvalue weighted by Crippen LogP contribution is -2.44. The minimum atomic E-state index is -1.23. The number of nitrogens with zero attached hydrogens (tertiary/aromatic N) is 1. The summed E-state index contributed by atoms with van der Waals surface area (Å²) in [5.74, 6) is -4.36. The molecular formula is C23H20FN3O4S. The molecule has 0 spiro atoms. The molecule has 2 aromatic carbocycles. The molecular weight excluding hydrogens is 433 g/mol. The monoisotopic (exact) mass is 453 g/mol. The number of carbonyl (C=O) groups is 3. The summed E-state index contributed by atoms with van der Waals surface area (Å²) in [7, 11) is 1.18. The molecule has 2 aromatic rings. The predicted octanol–water partition coefficient (Wildman–Crippen LogP) is 3.24. The van der Waals surface area contributed by atoms with Crippen LogP contribution in [0, 0.1) is 30.0 Å². The van der Waals surface area contributed by atoms with Crippen LogP contribution in [0.4, 0.5) is 10.1 Å². The second kappa shape index (κ2) is 10.1. The van der Waals surface area contributed by atoms with Gasteiger partial charge in [-0.1, -0.05) is 41.6 Å². The minimum absolute atomic E-state index is 0.109. The van der Waals surface area contributed by atoms with Crippen LogP contribution in [-0.2, 0) is 19.1 Å². The van der Waals surface area contributed by atoms with Gasteiger partial charge in [-0.15, -0.1) is 0 Å². The van der Waals surface area contributed by atoms with Crippen molar-refractivity contribution in [1.29, 1.82) is 5.26 Å². The van der Waals surface area contributed by atoms with Crippen molar-refractivity contribution in [2.45, 2.75) is 12.8 Å². The first-order valence-electron chi connectivity index (χ1n) is 9.61. The number of rotatable bonds is 6. The van der Waals surface area contributed by atoms with Gasteiger partial charge >= 0.3 is 5.97 Å². The van der Waals surface area contributed by atoms with E-state index in [1.54, 1.807) is 12.1 Å². The van der Waals surface area contributed by atoms with E-state index in [4.69, 9.17) is 4.74 Å². The smallest absolute Gasteiger partial charge is 0.319 e. The topological polar surface area (TPSA) is 108 Å². The van der Waals surface area contributed by atoms with Crippen LogP contribution in [0.3, 0.4) is 0 Å². The van der Waals surface area contributed by atoms with Gasteiger partial charge < -0.3 is 15.4 Å². The molecule has 1 heterocycles. The van der Waals surface area contributed by atoms with Gasteiger partial charge in [-0.05, 0) is 36.8 Å². The average molecular weight is 453 g/mol. The van der Waals surface area contributed by atoms with E-state index in [0.717, 1.165) is 17.3 Å². The van der Waals surface area contributed by atoms with Crippen LogP contribution in [-0.4, -0.2) is 30.6 Å². The summed E-state index contributed by atoms with van der Waals surface area (Å²) in [5, 5.41) is 15.3. The van der Waals surface area contributed by atoms with Crippen LogP contribution in [0.25, 0.3) is 0 Å². The number of methoxy groups -OCH3 is 1. The van der Waals surface area contributed by atoms with Crippen LogP contribution >= 0.6 is 11.8 Å². The summed E-state index contributed by atoms with van der Waals surface area (Å²) in [6, 6.07) is 14.6. The van der Waals surface area contributed by atoms with Crippen molar-refractivity contribution in [2.75, 3.05) is 18.2 Å². The number of allylic oxidation sites excluding steroid dienone is 1. The lowest BCUT2D eigenvalue weighted by atomic mass is 9.78. The van der Waals surface area contributed by atoms with Gasteiger partial charge in [-0.3, -0.25) is 14.4 Å². The number of nitriles is 1. The van der Waals surface area contributed by atoms with E-state index in [2.05, 4.69) is 16.7 Å². The molecule has 0 saturated heterocycles. The van der Waals surface area contributed by atoms with Crippen molar-refractivity contribution < 1.29 is 23.5 Å². The summed E-state index contributed by atoms with van der Waals surface area (Å²) < 4.78 is 17.8. The fraction of sp³-hybridized carbons (Fsp3) is 0.217. The van der Waals surface area contributed by atoms with Crippen molar-refractivity contribution >= 4 is 35.2 Å². The highest BCUT2D eigenvalue weighted by molar-refractivity contribution is 8.03. The second-order valence-electron chi connectivity index (χ2n) is 7.08. The van der Waals surface area contributed by atoms with E-state index in [0.29, 0.717) is 11.3 Å². The molecule has 1 aliphatic rings. The third-order valence-electron chi connectivity index (χ3n) is 4.90. The van der Waals surface area contributed by atoms with Crippen LogP contribution in [0.2, 0.25) is 0 Å². The number of carbonyl (C=O) groups excluding carboxylic acids is 3. The third-order valence-corrected chi connectivity index (χ3v) is 5.91. The maximum absolute atomic E-state index is 13.0. The largest absolute Gasteiger partial charge is 0.468 e. The fourth-order valence-corrected chi connectivity index (χ4v) is 4.17. The van der Waals surface area contributed by atoms with E-state index in [9.17, 15) is 24.0 Å². The molecule has 2 atom stereocenters. The van der Waals surface area contributed by atoms with E-state index in [1.807, 2.05) is 19.1 Å². The van der Waals surface area contributed by atoms with E-state index < -0.39 is 35.4 Å². The van der Waals surface area contributed by atoms with Gasteiger partial charge in [0.25, 0.3) is 0 Å². The normalized spacial score (nSPS) is 17.9. The first kappa shape index (κ1) is 23.0. The van der Waals surface area contributed by atoms with Crippen LogP contribution in [0.15, 0.2) is 59.1 Å². The predicted molar refractivity (Wildman–Crippen MR) is 118 cm³/mol. The summed E-state index contributed by atoms with van der Waals surface area (Å²) in [5.41, 5.74) is 2.19. The molecule has 0 aromatic heterocycles. The lowest BCUT2D eigenvalue weighted by Gasteiger charge is -2.31. The van der Waals surface area contributed by atoms with E-state index in [-0.39, 0.29) is 16.4 Å². The molecule has 0 saturated carbocycles. The highest BCUT2D eigenvalue weighted by Crippen LogP contribution is 2.40. The Bertz CT molecular complexity index is 1110. The van der Waals surface area contributed by atoms with Gasteiger partial charge in [-0.2, -0.15) is 5.26 Å². The number of hydrogen-bond donors (Lipinski definition) is 2. The molecule has 0 aliphatic carbocycles. The van der Waals surface area contributed by atoms with Crippen molar-refractivity contribution in [3.8, 4) is 6.07 Å². The molecule has 7 nitrogen and oxygen atoms in total. The summed E-state index contributed by atoms with van der Waals surface area (Å²) in [6.07, 6.45) is 0. The van der Waals surface area contributed by atoms with Gasteiger partial charge in [-0.25, -0.2) is 4.39 Å². The van der Waals surface area contributed by atoms with Gasteiger partial charge in [0.1, 0.15) is 11.7 Å². The SMILES string of the molecule is COC(=O)[C@H]1C(=O)NC(SCC(=O)Nc2ccc(F)cc2)=C(C#N)[C@@H]1c1ccc(C)cc1. The molecule has 2 amide bonds. The number of aryl methyl sites for hydroxylation is 1. The molecule has 3 rings (SSSR count). The molecule has 164 valence electrons. The van der Waals surface area contributed by atoms with Crippen molar-refractivity contribution in [3.05, 3.63) is 76.1 Å². The Kier molecular flexibility index (Phi) is 7.28. The standard InChI is InChI=1S/C23H20FN3O4S/c1-13-3-5-14(6-4-13)19-17(11-25)22(27-21(29)20(19)23(30)31-2)32-12-18(28)26-16-9-7-15(24)8-10-16/h3-10,19-20H,12H2,1-2H3,(H,26,28)(H,27,29)/t19-,20+/m0/s1. The first-order valence-corrected chi connectivity index (χ1v) is 10.6. The first-order chi connectivity index (χ1) is 15.3. The van der Waals surface area contributed by atoms with Crippen LogP contribution in [0.1, 0.15) is 17.0 Å². The molecule has 32 heavy (non-hydrogen) atoms. The fourth-order valence-electron chi connectivity index (χ4n) is 3.32. The van der Waals surface area contributed by atoms with E-state index in [1.165, 1.54) is 31.4 Å². The van der Waals surface area contributed by atoms with Gasteiger partial charge in [0.15, 0.2) is 0 Å². The Labute approximate surface area is 188 Å². The lowest BCUT2D eigenvalue weighted by molar-refractivity contribution is -0.150. The Morgan fingerprint density at radius 1 is 1.19 bits per heavy atom. The minimum Gasteiger partial charge on any atom is -0.468 e. The molecule has 9 heteroatoms. The molecule has 0 bridgehead atoms. The Hall–Kier alpha value is -3.64. The highest BCUT2D eigenvalue weighted by Gasteiger charge is 2.44. The maximum Gasteiger partial charge on any atom is 0.319 e. The van der Waals surface area contributed by atoms with Gasteiger partial charge in [0.2, 0.25) is 11.8 Å². The Morgan fingerprint density at radius 2 is 1.84 bits per heavy atom. The molecule has 2 N–H and O–H groups in total. The maximum atomic E-state index is 13.0. The zero-order valence-electron chi connectivity index (χ0n) is 17.3. The van der Waals surface area contributed by atoms with Gasteiger partial charge in [0, 0.05) is 11.6 Å². The van der Waals surface area contributed by atoms with E-state index >= 15 is 0 Å². The summed E-state index contributed by atoms with van der Waals surface area (Å²) in [4.78, 5) is 37.5. The van der Waals surface area contributed by atoms with Crippen LogP contribution < -0.4 is 10.6 Å². The van der Waals surface area contributed by atoms with Crippen LogP contribution in [0.5, 0.6) is 0 Å². The molecule has 0 fully saturated rings. The highest BCUT2D eigenvalue weighted by atomic mass is 32.2. The summed E-state index contributed by atoms with van der Waals surface area (Å²) >= 11 is 0.974. The number of hydrogen-bond acceptors (Lipinski definition) is 6. The third kappa shape index (κ3) is 5.15. The number of halogens is 1. The van der Waals surface area contributed by atoms with Crippen molar-refractivity contribution in [1.82, 2.24) is 5.32 Å². The van der Waals surface area contributed by atoms with Crippen molar-refractivity contribution in [3.63, 3.8) is 0 Å². The van der Waals surface area contributed by atoms with Gasteiger partial charge in [0.05, 0.1) is 29.5 Å². The number of thioether (sulfide) groups is 1. The number of benzene rings is 2. The summed E-state index contributed by atoms with van der Waals surface area (Å²) in [6.45, 7) is 1.90. The number of esters is 1.